The molecular formula is C31H25N5O5. The van der Waals surface area contributed by atoms with Crippen molar-refractivity contribution in [3.8, 4) is 11.5 Å². The Balaban J connectivity index is 1.15. The van der Waals surface area contributed by atoms with Gasteiger partial charge in [-0.2, -0.15) is 0 Å². The number of nitro groups is 1. The smallest absolute Gasteiger partial charge is 0.271 e. The van der Waals surface area contributed by atoms with Crippen molar-refractivity contribution in [1.82, 2.24) is 15.0 Å². The summed E-state index contributed by atoms with van der Waals surface area (Å²) in [6.07, 6.45) is 1.08. The number of non-ortho nitro benzene ring substituents is 1. The van der Waals surface area contributed by atoms with E-state index in [1.165, 1.54) is 12.1 Å². The molecule has 0 aliphatic carbocycles. The SMILES string of the molecule is O=C1C(Oc2ccccc2)C(c2ccc([N+](=O)[O-])cc2)N1c1ccc(OCc2cn(Cc3ccccc3)nn2)cc1. The quantitative estimate of drug-likeness (QED) is 0.132. The fraction of sp³-hybridized carbons (Fsp3) is 0.129. The Kier molecular flexibility index (Phi) is 7.10. The highest BCUT2D eigenvalue weighted by Gasteiger charge is 2.51. The van der Waals surface area contributed by atoms with Crippen LogP contribution in [-0.2, 0) is 17.9 Å². The van der Waals surface area contributed by atoms with Crippen molar-refractivity contribution in [2.24, 2.45) is 0 Å². The minimum absolute atomic E-state index is 0.0203. The monoisotopic (exact) mass is 547 g/mol. The standard InChI is InChI=1S/C31H25N5O5/c37-31-30(41-28-9-5-2-6-10-28)29(23-11-13-26(14-12-23)36(38)39)35(31)25-15-17-27(18-16-25)40-21-24-20-34(33-32-24)19-22-7-3-1-4-8-22/h1-18,20,29-30H,19,21H2. The van der Waals surface area contributed by atoms with Gasteiger partial charge in [-0.15, -0.1) is 5.10 Å². The molecule has 1 fully saturated rings. The number of para-hydroxylation sites is 1. The van der Waals surface area contributed by atoms with Crippen molar-refractivity contribution in [2.75, 3.05) is 4.90 Å². The third-order valence-corrected chi connectivity index (χ3v) is 6.77. The highest BCUT2D eigenvalue weighted by molar-refractivity contribution is 6.05. The van der Waals surface area contributed by atoms with E-state index in [1.807, 2.05) is 54.7 Å². The van der Waals surface area contributed by atoms with Crippen LogP contribution in [0.5, 0.6) is 11.5 Å². The zero-order chi connectivity index (χ0) is 28.2. The van der Waals surface area contributed by atoms with Gasteiger partial charge in [0.25, 0.3) is 11.6 Å². The molecule has 10 nitrogen and oxygen atoms in total. The Hall–Kier alpha value is -5.51. The molecule has 4 aromatic carbocycles. The number of nitro benzene ring substituents is 1. The van der Waals surface area contributed by atoms with Crippen molar-refractivity contribution in [3.63, 3.8) is 0 Å². The molecule has 2 unspecified atom stereocenters. The predicted octanol–water partition coefficient (Wildman–Crippen LogP) is 5.35. The first-order valence-corrected chi connectivity index (χ1v) is 13.0. The second-order valence-electron chi connectivity index (χ2n) is 9.53. The fourth-order valence-electron chi connectivity index (χ4n) is 4.74. The van der Waals surface area contributed by atoms with Gasteiger partial charge in [0.15, 0.2) is 0 Å². The van der Waals surface area contributed by atoms with Gasteiger partial charge in [-0.1, -0.05) is 53.7 Å². The van der Waals surface area contributed by atoms with E-state index in [2.05, 4.69) is 10.3 Å². The molecule has 0 saturated carbocycles. The first-order chi connectivity index (χ1) is 20.0. The van der Waals surface area contributed by atoms with Crippen LogP contribution in [0.1, 0.15) is 22.9 Å². The Labute approximate surface area is 235 Å². The van der Waals surface area contributed by atoms with Crippen LogP contribution in [0.4, 0.5) is 11.4 Å². The molecule has 5 aromatic rings. The van der Waals surface area contributed by atoms with E-state index < -0.39 is 17.1 Å². The van der Waals surface area contributed by atoms with Crippen LogP contribution < -0.4 is 14.4 Å². The lowest BCUT2D eigenvalue weighted by molar-refractivity contribution is -0.384. The van der Waals surface area contributed by atoms with E-state index in [-0.39, 0.29) is 18.2 Å². The maximum Gasteiger partial charge on any atom is 0.271 e. The number of β-lactam (4-membered cyclic amide) rings is 1. The van der Waals surface area contributed by atoms with Crippen LogP contribution in [0, 0.1) is 10.1 Å². The van der Waals surface area contributed by atoms with Gasteiger partial charge >= 0.3 is 0 Å². The second kappa shape index (κ2) is 11.3. The lowest BCUT2D eigenvalue weighted by Crippen LogP contribution is -2.61. The molecule has 2 heterocycles. The number of anilines is 1. The van der Waals surface area contributed by atoms with Gasteiger partial charge in [0.2, 0.25) is 6.10 Å². The first kappa shape index (κ1) is 25.8. The predicted molar refractivity (Wildman–Crippen MR) is 151 cm³/mol. The van der Waals surface area contributed by atoms with E-state index in [9.17, 15) is 14.9 Å². The third-order valence-electron chi connectivity index (χ3n) is 6.77. The number of amides is 1. The molecule has 0 spiro atoms. The second-order valence-corrected chi connectivity index (χ2v) is 9.53. The maximum absolute atomic E-state index is 13.3. The molecule has 1 amide bonds. The Morgan fingerprint density at radius 1 is 0.829 bits per heavy atom. The molecule has 10 heteroatoms. The lowest BCUT2D eigenvalue weighted by atomic mass is 9.89. The normalized spacial score (nSPS) is 16.2. The summed E-state index contributed by atoms with van der Waals surface area (Å²) in [5.74, 6) is 0.978. The van der Waals surface area contributed by atoms with Crippen LogP contribution in [0.25, 0.3) is 0 Å². The summed E-state index contributed by atoms with van der Waals surface area (Å²) in [5, 5.41) is 19.5. The summed E-state index contributed by atoms with van der Waals surface area (Å²) in [6, 6.07) is 32.0. The third kappa shape index (κ3) is 5.62. The molecule has 6 rings (SSSR count). The molecule has 0 bridgehead atoms. The highest BCUT2D eigenvalue weighted by Crippen LogP contribution is 2.42. The summed E-state index contributed by atoms with van der Waals surface area (Å²) in [4.78, 5) is 25.6. The van der Waals surface area contributed by atoms with Crippen molar-refractivity contribution in [2.45, 2.75) is 25.3 Å². The number of ether oxygens (including phenoxy) is 2. The van der Waals surface area contributed by atoms with Gasteiger partial charge in [-0.25, -0.2) is 4.68 Å². The number of carbonyl (C=O) groups is 1. The van der Waals surface area contributed by atoms with Gasteiger partial charge in [0, 0.05) is 17.8 Å². The molecular weight excluding hydrogens is 522 g/mol. The van der Waals surface area contributed by atoms with Crippen molar-refractivity contribution >= 4 is 17.3 Å². The number of hydrogen-bond acceptors (Lipinski definition) is 7. The molecule has 1 saturated heterocycles. The molecule has 2 atom stereocenters. The van der Waals surface area contributed by atoms with Gasteiger partial charge in [0.1, 0.15) is 29.8 Å². The number of rotatable bonds is 10. The number of benzene rings is 4. The van der Waals surface area contributed by atoms with Crippen LogP contribution in [-0.4, -0.2) is 31.9 Å². The number of aromatic nitrogens is 3. The van der Waals surface area contributed by atoms with Crippen LogP contribution in [0.15, 0.2) is 115 Å². The van der Waals surface area contributed by atoms with Gasteiger partial charge in [-0.05, 0) is 59.7 Å². The van der Waals surface area contributed by atoms with Gasteiger partial charge < -0.3 is 9.47 Å². The molecule has 1 aliphatic rings. The number of hydrogen-bond donors (Lipinski definition) is 0. The first-order valence-electron chi connectivity index (χ1n) is 13.0. The molecule has 0 radical (unpaired) electrons. The molecule has 41 heavy (non-hydrogen) atoms. The van der Waals surface area contributed by atoms with Crippen LogP contribution in [0.3, 0.4) is 0 Å². The highest BCUT2D eigenvalue weighted by atomic mass is 16.6. The average Bonchev–Trinajstić information content (AvgIpc) is 3.46. The van der Waals surface area contributed by atoms with E-state index in [4.69, 9.17) is 9.47 Å². The average molecular weight is 548 g/mol. The fourth-order valence-corrected chi connectivity index (χ4v) is 4.74. The Morgan fingerprint density at radius 2 is 1.51 bits per heavy atom. The van der Waals surface area contributed by atoms with Crippen molar-refractivity contribution in [3.05, 3.63) is 142 Å². The zero-order valence-electron chi connectivity index (χ0n) is 21.8. The summed E-state index contributed by atoms with van der Waals surface area (Å²) in [5.41, 5.74) is 3.20. The Bertz CT molecular complexity index is 1640. The lowest BCUT2D eigenvalue weighted by Gasteiger charge is -2.46. The van der Waals surface area contributed by atoms with E-state index >= 15 is 0 Å². The summed E-state index contributed by atoms with van der Waals surface area (Å²) in [6.45, 7) is 0.868. The van der Waals surface area contributed by atoms with Crippen LogP contribution >= 0.6 is 0 Å². The maximum atomic E-state index is 13.3. The molecule has 0 N–H and O–H groups in total. The van der Waals surface area contributed by atoms with Gasteiger partial charge in [0.05, 0.1) is 17.7 Å². The largest absolute Gasteiger partial charge is 0.487 e. The van der Waals surface area contributed by atoms with Crippen molar-refractivity contribution < 1.29 is 19.2 Å². The summed E-state index contributed by atoms with van der Waals surface area (Å²) < 4.78 is 13.7. The molecule has 1 aromatic heterocycles. The molecule has 1 aliphatic heterocycles. The van der Waals surface area contributed by atoms with E-state index in [0.29, 0.717) is 29.4 Å². The minimum atomic E-state index is -0.770. The van der Waals surface area contributed by atoms with Gasteiger partial charge in [-0.3, -0.25) is 19.8 Å². The van der Waals surface area contributed by atoms with E-state index in [1.54, 1.807) is 58.1 Å². The summed E-state index contributed by atoms with van der Waals surface area (Å²) >= 11 is 0. The summed E-state index contributed by atoms with van der Waals surface area (Å²) in [7, 11) is 0. The minimum Gasteiger partial charge on any atom is -0.487 e. The topological polar surface area (TPSA) is 113 Å². The zero-order valence-corrected chi connectivity index (χ0v) is 21.8. The van der Waals surface area contributed by atoms with E-state index in [0.717, 1.165) is 11.1 Å². The van der Waals surface area contributed by atoms with Crippen molar-refractivity contribution in [1.29, 1.82) is 0 Å². The molecule has 204 valence electrons. The van der Waals surface area contributed by atoms with Crippen LogP contribution in [0.2, 0.25) is 0 Å². The number of nitrogens with zero attached hydrogens (tertiary/aromatic N) is 5. The number of carbonyl (C=O) groups excluding carboxylic acids is 1. The Morgan fingerprint density at radius 3 is 2.20 bits per heavy atom.